The molecule has 2 nitrogen and oxygen atoms in total. The lowest BCUT2D eigenvalue weighted by molar-refractivity contribution is 0.0500. The van der Waals surface area contributed by atoms with Crippen LogP contribution in [0, 0.1) is 0 Å². The summed E-state index contributed by atoms with van der Waals surface area (Å²) in [5.41, 5.74) is 3.20. The van der Waals surface area contributed by atoms with Gasteiger partial charge in [0.2, 0.25) is 0 Å². The number of unbranched alkanes of at least 4 members (excludes halogenated alkanes) is 1. The second kappa shape index (κ2) is 9.04. The number of benzene rings is 2. The highest BCUT2D eigenvalue weighted by atomic mass is 16.5. The molecule has 0 aliphatic rings. The van der Waals surface area contributed by atoms with Gasteiger partial charge in [-0.3, -0.25) is 0 Å². The van der Waals surface area contributed by atoms with E-state index < -0.39 is 0 Å². The standard InChI is InChI=1S/C20H24O2/c1-2-3-8-18-12-14-19(15-13-18)20(21)22-16-7-11-17-9-5-4-6-10-17/h4-6,9-10,12-15H,2-3,7-8,11,16H2,1H3. The van der Waals surface area contributed by atoms with Crippen LogP contribution in [-0.4, -0.2) is 12.6 Å². The molecule has 116 valence electrons. The van der Waals surface area contributed by atoms with E-state index in [1.807, 2.05) is 42.5 Å². The molecule has 0 aromatic heterocycles. The zero-order valence-electron chi connectivity index (χ0n) is 13.3. The van der Waals surface area contributed by atoms with Crippen LogP contribution in [-0.2, 0) is 17.6 Å². The van der Waals surface area contributed by atoms with Crippen LogP contribution >= 0.6 is 0 Å². The summed E-state index contributed by atoms with van der Waals surface area (Å²) in [7, 11) is 0. The van der Waals surface area contributed by atoms with Crippen LogP contribution in [0.4, 0.5) is 0 Å². The Balaban J connectivity index is 1.72. The van der Waals surface area contributed by atoms with Crippen molar-refractivity contribution in [2.24, 2.45) is 0 Å². The lowest BCUT2D eigenvalue weighted by Gasteiger charge is -2.06. The number of rotatable bonds is 8. The van der Waals surface area contributed by atoms with Crippen molar-refractivity contribution in [2.45, 2.75) is 39.0 Å². The average Bonchev–Trinajstić information content (AvgIpc) is 2.58. The normalized spacial score (nSPS) is 10.4. The van der Waals surface area contributed by atoms with E-state index in [0.29, 0.717) is 12.2 Å². The molecule has 2 rings (SSSR count). The predicted octanol–water partition coefficient (Wildman–Crippen LogP) is 4.82. The lowest BCUT2D eigenvalue weighted by Crippen LogP contribution is -2.07. The van der Waals surface area contributed by atoms with Crippen LogP contribution in [0.3, 0.4) is 0 Å². The maximum Gasteiger partial charge on any atom is 0.338 e. The van der Waals surface area contributed by atoms with Crippen LogP contribution in [0.25, 0.3) is 0 Å². The van der Waals surface area contributed by atoms with Gasteiger partial charge in [-0.05, 0) is 48.9 Å². The Morgan fingerprint density at radius 3 is 2.18 bits per heavy atom. The van der Waals surface area contributed by atoms with Gasteiger partial charge < -0.3 is 4.74 Å². The van der Waals surface area contributed by atoms with E-state index in [9.17, 15) is 4.79 Å². The van der Waals surface area contributed by atoms with Crippen molar-refractivity contribution >= 4 is 5.97 Å². The van der Waals surface area contributed by atoms with Crippen molar-refractivity contribution in [3.63, 3.8) is 0 Å². The summed E-state index contributed by atoms with van der Waals surface area (Å²) < 4.78 is 5.33. The van der Waals surface area contributed by atoms with E-state index in [4.69, 9.17) is 4.74 Å². The van der Waals surface area contributed by atoms with Gasteiger partial charge in [0.25, 0.3) is 0 Å². The van der Waals surface area contributed by atoms with Gasteiger partial charge in [-0.25, -0.2) is 4.79 Å². The molecule has 2 aromatic carbocycles. The van der Waals surface area contributed by atoms with Crippen molar-refractivity contribution in [1.82, 2.24) is 0 Å². The van der Waals surface area contributed by atoms with Crippen molar-refractivity contribution < 1.29 is 9.53 Å². The second-order valence-corrected chi connectivity index (χ2v) is 5.53. The first-order valence-corrected chi connectivity index (χ1v) is 8.09. The zero-order valence-corrected chi connectivity index (χ0v) is 13.3. The van der Waals surface area contributed by atoms with Crippen molar-refractivity contribution in [3.05, 3.63) is 71.3 Å². The highest BCUT2D eigenvalue weighted by molar-refractivity contribution is 5.89. The van der Waals surface area contributed by atoms with Crippen LogP contribution in [0.1, 0.15) is 47.7 Å². The fraction of sp³-hybridized carbons (Fsp3) is 0.350. The Labute approximate surface area is 133 Å². The Hall–Kier alpha value is -2.09. The summed E-state index contributed by atoms with van der Waals surface area (Å²) in [4.78, 5) is 12.0. The smallest absolute Gasteiger partial charge is 0.338 e. The van der Waals surface area contributed by atoms with Gasteiger partial charge in [0.05, 0.1) is 12.2 Å². The summed E-state index contributed by atoms with van der Waals surface area (Å²) in [6.45, 7) is 2.65. The molecule has 22 heavy (non-hydrogen) atoms. The topological polar surface area (TPSA) is 26.3 Å². The Morgan fingerprint density at radius 2 is 1.50 bits per heavy atom. The van der Waals surface area contributed by atoms with E-state index in [1.54, 1.807) is 0 Å². The number of hydrogen-bond donors (Lipinski definition) is 0. The van der Waals surface area contributed by atoms with Crippen molar-refractivity contribution in [2.75, 3.05) is 6.61 Å². The monoisotopic (exact) mass is 296 g/mol. The zero-order chi connectivity index (χ0) is 15.6. The molecule has 0 radical (unpaired) electrons. The molecule has 0 fully saturated rings. The first-order valence-electron chi connectivity index (χ1n) is 8.09. The maximum absolute atomic E-state index is 12.0. The number of carbonyl (C=O) groups is 1. The summed E-state index contributed by atoms with van der Waals surface area (Å²) in [5.74, 6) is -0.227. The third kappa shape index (κ3) is 5.36. The highest BCUT2D eigenvalue weighted by Crippen LogP contribution is 2.09. The molecular weight excluding hydrogens is 272 g/mol. The molecule has 0 amide bonds. The van der Waals surface area contributed by atoms with Crippen LogP contribution in [0.2, 0.25) is 0 Å². The quantitative estimate of drug-likeness (QED) is 0.516. The summed E-state index contributed by atoms with van der Waals surface area (Å²) in [6, 6.07) is 18.0. The van der Waals surface area contributed by atoms with Gasteiger partial charge in [-0.1, -0.05) is 55.8 Å². The average molecular weight is 296 g/mol. The van der Waals surface area contributed by atoms with Crippen LogP contribution in [0.5, 0.6) is 0 Å². The minimum atomic E-state index is -0.227. The highest BCUT2D eigenvalue weighted by Gasteiger charge is 2.06. The van der Waals surface area contributed by atoms with Gasteiger partial charge in [0.1, 0.15) is 0 Å². The Morgan fingerprint density at radius 1 is 0.864 bits per heavy atom. The fourth-order valence-corrected chi connectivity index (χ4v) is 2.36. The fourth-order valence-electron chi connectivity index (χ4n) is 2.36. The summed E-state index contributed by atoms with van der Waals surface area (Å²) in [6.07, 6.45) is 5.23. The predicted molar refractivity (Wildman–Crippen MR) is 90.1 cm³/mol. The number of esters is 1. The molecular formula is C20H24O2. The molecule has 0 unspecified atom stereocenters. The van der Waals surface area contributed by atoms with Gasteiger partial charge in [-0.2, -0.15) is 0 Å². The number of ether oxygens (including phenoxy) is 1. The van der Waals surface area contributed by atoms with Crippen LogP contribution < -0.4 is 0 Å². The van der Waals surface area contributed by atoms with Crippen molar-refractivity contribution in [3.8, 4) is 0 Å². The Bertz CT molecular complexity index is 558. The number of hydrogen-bond acceptors (Lipinski definition) is 2. The molecule has 0 atom stereocenters. The maximum atomic E-state index is 12.0. The third-order valence-electron chi connectivity index (χ3n) is 3.69. The second-order valence-electron chi connectivity index (χ2n) is 5.53. The van der Waals surface area contributed by atoms with E-state index in [2.05, 4.69) is 19.1 Å². The first-order chi connectivity index (χ1) is 10.8. The minimum absolute atomic E-state index is 0.227. The molecule has 0 aliphatic heterocycles. The minimum Gasteiger partial charge on any atom is -0.462 e. The van der Waals surface area contributed by atoms with Gasteiger partial charge in [-0.15, -0.1) is 0 Å². The molecule has 0 N–H and O–H groups in total. The van der Waals surface area contributed by atoms with Crippen molar-refractivity contribution in [1.29, 1.82) is 0 Å². The molecule has 2 aromatic rings. The molecule has 2 heteroatoms. The molecule has 0 heterocycles. The molecule has 0 saturated carbocycles. The summed E-state index contributed by atoms with van der Waals surface area (Å²) >= 11 is 0. The first kappa shape index (κ1) is 16.3. The largest absolute Gasteiger partial charge is 0.462 e. The molecule has 0 aliphatic carbocycles. The van der Waals surface area contributed by atoms with E-state index in [1.165, 1.54) is 24.0 Å². The summed E-state index contributed by atoms with van der Waals surface area (Å²) in [5, 5.41) is 0. The number of aryl methyl sites for hydroxylation is 2. The molecule has 0 saturated heterocycles. The van der Waals surface area contributed by atoms with Gasteiger partial charge in [0, 0.05) is 0 Å². The number of carbonyl (C=O) groups excluding carboxylic acids is 1. The SMILES string of the molecule is CCCCc1ccc(C(=O)OCCCc2ccccc2)cc1. The lowest BCUT2D eigenvalue weighted by atomic mass is 10.1. The van der Waals surface area contributed by atoms with Gasteiger partial charge >= 0.3 is 5.97 Å². The third-order valence-corrected chi connectivity index (χ3v) is 3.69. The van der Waals surface area contributed by atoms with Gasteiger partial charge in [0.15, 0.2) is 0 Å². The van der Waals surface area contributed by atoms with Crippen LogP contribution in [0.15, 0.2) is 54.6 Å². The van der Waals surface area contributed by atoms with E-state index in [0.717, 1.165) is 19.3 Å². The molecule has 0 bridgehead atoms. The van der Waals surface area contributed by atoms with E-state index >= 15 is 0 Å². The Kier molecular flexibility index (Phi) is 6.69. The van der Waals surface area contributed by atoms with E-state index in [-0.39, 0.29) is 5.97 Å². The molecule has 0 spiro atoms.